The minimum absolute atomic E-state index is 0.0459. The van der Waals surface area contributed by atoms with Gasteiger partial charge in [-0.15, -0.1) is 0 Å². The van der Waals surface area contributed by atoms with Gasteiger partial charge in [0.15, 0.2) is 6.61 Å². The van der Waals surface area contributed by atoms with Crippen LogP contribution in [-0.2, 0) is 25.5 Å². The monoisotopic (exact) mass is 378 g/mol. The molecule has 1 aromatic rings. The molecule has 1 amide bonds. The minimum Gasteiger partial charge on any atom is -0.484 e. The number of rotatable bonds is 10. The van der Waals surface area contributed by atoms with Crippen LogP contribution in [0, 0.1) is 0 Å². The first-order chi connectivity index (χ1) is 13.1. The molecule has 0 aliphatic carbocycles. The van der Waals surface area contributed by atoms with Gasteiger partial charge in [0.05, 0.1) is 26.7 Å². The molecule has 1 fully saturated rings. The number of hydrogen-bond donors (Lipinski definition) is 0. The van der Waals surface area contributed by atoms with Crippen molar-refractivity contribution in [3.8, 4) is 5.75 Å². The van der Waals surface area contributed by atoms with E-state index in [1.54, 1.807) is 4.90 Å². The maximum atomic E-state index is 12.6. The SMILES string of the molecule is CCc1ccc(OCC(=O)N(CCC(=O)OC)CCN2CCOCC2)cc1. The van der Waals surface area contributed by atoms with Crippen LogP contribution in [0.1, 0.15) is 18.9 Å². The molecule has 1 aliphatic rings. The fourth-order valence-corrected chi connectivity index (χ4v) is 2.83. The van der Waals surface area contributed by atoms with Gasteiger partial charge in [0.25, 0.3) is 5.91 Å². The van der Waals surface area contributed by atoms with Crippen LogP contribution in [0.2, 0.25) is 0 Å². The van der Waals surface area contributed by atoms with Crippen molar-refractivity contribution in [3.05, 3.63) is 29.8 Å². The van der Waals surface area contributed by atoms with Crippen LogP contribution in [0.15, 0.2) is 24.3 Å². The number of carbonyl (C=O) groups excluding carboxylic acids is 2. The fourth-order valence-electron chi connectivity index (χ4n) is 2.83. The molecule has 27 heavy (non-hydrogen) atoms. The molecule has 1 saturated heterocycles. The quantitative estimate of drug-likeness (QED) is 0.573. The van der Waals surface area contributed by atoms with E-state index in [1.165, 1.54) is 12.7 Å². The van der Waals surface area contributed by atoms with E-state index in [2.05, 4.69) is 11.8 Å². The Kier molecular flexibility index (Phi) is 9.07. The third-order valence-electron chi connectivity index (χ3n) is 4.65. The van der Waals surface area contributed by atoms with Crippen molar-refractivity contribution in [1.29, 1.82) is 0 Å². The van der Waals surface area contributed by atoms with Gasteiger partial charge in [-0.3, -0.25) is 14.5 Å². The summed E-state index contributed by atoms with van der Waals surface area (Å²) in [6.45, 7) is 6.82. The van der Waals surface area contributed by atoms with Crippen molar-refractivity contribution < 1.29 is 23.8 Å². The number of methoxy groups -OCH3 is 1. The summed E-state index contributed by atoms with van der Waals surface area (Å²) >= 11 is 0. The third-order valence-corrected chi connectivity index (χ3v) is 4.65. The average Bonchev–Trinajstić information content (AvgIpc) is 2.72. The number of hydrogen-bond acceptors (Lipinski definition) is 6. The molecule has 0 bridgehead atoms. The largest absolute Gasteiger partial charge is 0.484 e. The highest BCUT2D eigenvalue weighted by molar-refractivity contribution is 5.78. The Hall–Kier alpha value is -2.12. The molecule has 0 spiro atoms. The smallest absolute Gasteiger partial charge is 0.307 e. The molecule has 1 heterocycles. The van der Waals surface area contributed by atoms with E-state index in [0.29, 0.717) is 32.1 Å². The van der Waals surface area contributed by atoms with Crippen LogP contribution >= 0.6 is 0 Å². The molecule has 150 valence electrons. The van der Waals surface area contributed by atoms with Gasteiger partial charge < -0.3 is 19.1 Å². The Morgan fingerprint density at radius 1 is 1.15 bits per heavy atom. The number of benzene rings is 1. The van der Waals surface area contributed by atoms with Gasteiger partial charge in [-0.25, -0.2) is 0 Å². The molecular weight excluding hydrogens is 348 g/mol. The Morgan fingerprint density at radius 3 is 2.48 bits per heavy atom. The first-order valence-electron chi connectivity index (χ1n) is 9.48. The van der Waals surface area contributed by atoms with Crippen LogP contribution in [0.5, 0.6) is 5.75 Å². The van der Waals surface area contributed by atoms with Crippen molar-refractivity contribution in [2.45, 2.75) is 19.8 Å². The molecule has 0 N–H and O–H groups in total. The van der Waals surface area contributed by atoms with Crippen LogP contribution < -0.4 is 4.74 Å². The zero-order valence-electron chi connectivity index (χ0n) is 16.3. The van der Waals surface area contributed by atoms with E-state index < -0.39 is 0 Å². The highest BCUT2D eigenvalue weighted by Crippen LogP contribution is 2.12. The summed E-state index contributed by atoms with van der Waals surface area (Å²) in [6.07, 6.45) is 1.14. The van der Waals surface area contributed by atoms with Crippen LogP contribution in [0.3, 0.4) is 0 Å². The molecule has 7 heteroatoms. The number of nitrogens with zero attached hydrogens (tertiary/aromatic N) is 2. The van der Waals surface area contributed by atoms with Crippen molar-refractivity contribution >= 4 is 11.9 Å². The summed E-state index contributed by atoms with van der Waals surface area (Å²) < 4.78 is 15.7. The Labute approximate surface area is 161 Å². The predicted molar refractivity (Wildman–Crippen MR) is 102 cm³/mol. The first-order valence-corrected chi connectivity index (χ1v) is 9.48. The summed E-state index contributed by atoms with van der Waals surface area (Å²) in [4.78, 5) is 28.0. The zero-order chi connectivity index (χ0) is 19.5. The summed E-state index contributed by atoms with van der Waals surface area (Å²) in [5, 5.41) is 0. The highest BCUT2D eigenvalue weighted by Gasteiger charge is 2.18. The number of esters is 1. The van der Waals surface area contributed by atoms with Crippen molar-refractivity contribution in [2.75, 3.05) is 59.7 Å². The van der Waals surface area contributed by atoms with E-state index in [1.807, 2.05) is 24.3 Å². The lowest BCUT2D eigenvalue weighted by molar-refractivity contribution is -0.142. The second-order valence-electron chi connectivity index (χ2n) is 6.45. The molecular formula is C20H30N2O5. The normalized spacial score (nSPS) is 14.6. The van der Waals surface area contributed by atoms with Crippen molar-refractivity contribution in [1.82, 2.24) is 9.80 Å². The van der Waals surface area contributed by atoms with Gasteiger partial charge >= 0.3 is 5.97 Å². The second kappa shape index (κ2) is 11.6. The Morgan fingerprint density at radius 2 is 1.85 bits per heavy atom. The molecule has 0 atom stereocenters. The summed E-state index contributed by atoms with van der Waals surface area (Å²) in [6, 6.07) is 7.73. The van der Waals surface area contributed by atoms with Crippen molar-refractivity contribution in [2.24, 2.45) is 0 Å². The standard InChI is InChI=1S/C20H30N2O5/c1-3-17-4-6-18(7-5-17)27-16-19(23)22(9-8-20(24)25-2)11-10-21-12-14-26-15-13-21/h4-7H,3,8-16H2,1-2H3. The second-order valence-corrected chi connectivity index (χ2v) is 6.45. The lowest BCUT2D eigenvalue weighted by Crippen LogP contribution is -2.44. The topological polar surface area (TPSA) is 68.3 Å². The van der Waals surface area contributed by atoms with Gasteiger partial charge in [-0.05, 0) is 24.1 Å². The van der Waals surface area contributed by atoms with Crippen LogP contribution in [0.4, 0.5) is 0 Å². The molecule has 1 aromatic carbocycles. The number of amides is 1. The van der Waals surface area contributed by atoms with Gasteiger partial charge in [0.2, 0.25) is 0 Å². The molecule has 0 radical (unpaired) electrons. The summed E-state index contributed by atoms with van der Waals surface area (Å²) in [5.41, 5.74) is 1.22. The van der Waals surface area contributed by atoms with E-state index >= 15 is 0 Å². The maximum Gasteiger partial charge on any atom is 0.307 e. The molecule has 2 rings (SSSR count). The van der Waals surface area contributed by atoms with Gasteiger partial charge in [0, 0.05) is 32.7 Å². The summed E-state index contributed by atoms with van der Waals surface area (Å²) in [7, 11) is 1.35. The van der Waals surface area contributed by atoms with Crippen LogP contribution in [-0.4, -0.2) is 81.3 Å². The first kappa shape index (κ1) is 21.2. The number of aryl methyl sites for hydroxylation is 1. The molecule has 0 unspecified atom stereocenters. The van der Waals surface area contributed by atoms with E-state index in [-0.39, 0.29) is 24.9 Å². The third kappa shape index (κ3) is 7.56. The molecule has 7 nitrogen and oxygen atoms in total. The van der Waals surface area contributed by atoms with Gasteiger partial charge in [-0.1, -0.05) is 19.1 Å². The zero-order valence-corrected chi connectivity index (χ0v) is 16.3. The highest BCUT2D eigenvalue weighted by atomic mass is 16.5. The minimum atomic E-state index is -0.324. The predicted octanol–water partition coefficient (Wildman–Crippen LogP) is 1.35. The van der Waals surface area contributed by atoms with Crippen LogP contribution in [0.25, 0.3) is 0 Å². The van der Waals surface area contributed by atoms with E-state index in [0.717, 1.165) is 26.1 Å². The molecule has 0 saturated carbocycles. The molecule has 1 aliphatic heterocycles. The number of morpholine rings is 1. The lowest BCUT2D eigenvalue weighted by atomic mass is 10.2. The number of carbonyl (C=O) groups is 2. The fraction of sp³-hybridized carbons (Fsp3) is 0.600. The molecule has 0 aromatic heterocycles. The lowest BCUT2D eigenvalue weighted by Gasteiger charge is -2.30. The van der Waals surface area contributed by atoms with E-state index in [9.17, 15) is 9.59 Å². The van der Waals surface area contributed by atoms with E-state index in [4.69, 9.17) is 14.2 Å². The Bertz CT molecular complexity index is 585. The van der Waals surface area contributed by atoms with Gasteiger partial charge in [0.1, 0.15) is 5.75 Å². The maximum absolute atomic E-state index is 12.6. The average molecular weight is 378 g/mol. The van der Waals surface area contributed by atoms with Crippen molar-refractivity contribution in [3.63, 3.8) is 0 Å². The van der Waals surface area contributed by atoms with Gasteiger partial charge in [-0.2, -0.15) is 0 Å². The Balaban J connectivity index is 1.86. The number of ether oxygens (including phenoxy) is 3. The summed E-state index contributed by atoms with van der Waals surface area (Å²) in [5.74, 6) is 0.212.